The van der Waals surface area contributed by atoms with Crippen LogP contribution in [0.1, 0.15) is 36.8 Å². The molecular formula is C35H35Cl2F3N6O4S. The van der Waals surface area contributed by atoms with Crippen molar-refractivity contribution >= 4 is 50.5 Å². The summed E-state index contributed by atoms with van der Waals surface area (Å²) in [6.07, 6.45) is 5.09. The van der Waals surface area contributed by atoms with Crippen LogP contribution in [0.3, 0.4) is 0 Å². The molecule has 0 radical (unpaired) electrons. The number of nitrogens with zero attached hydrogens (tertiary/aromatic N) is 2. The zero-order chi connectivity index (χ0) is 36.1. The molecule has 51 heavy (non-hydrogen) atoms. The van der Waals surface area contributed by atoms with E-state index in [1.54, 1.807) is 42.5 Å². The summed E-state index contributed by atoms with van der Waals surface area (Å²) in [6.45, 7) is -2.16. The number of carbonyl (C=O) groups excluding carboxylic acids is 1. The summed E-state index contributed by atoms with van der Waals surface area (Å²) in [4.78, 5) is 20.1. The smallest absolute Gasteiger partial charge is 0.387 e. The lowest BCUT2D eigenvalue weighted by atomic mass is 10.0. The fraction of sp³-hybridized carbons (Fsp3) is 0.343. The number of alkyl halides is 2. The van der Waals surface area contributed by atoms with E-state index in [0.717, 1.165) is 0 Å². The molecule has 6 rings (SSSR count). The Morgan fingerprint density at radius 1 is 0.941 bits per heavy atom. The minimum Gasteiger partial charge on any atom is -0.434 e. The van der Waals surface area contributed by atoms with Gasteiger partial charge in [0.2, 0.25) is 5.91 Å². The highest BCUT2D eigenvalue weighted by molar-refractivity contribution is 7.91. The molecule has 2 saturated heterocycles. The number of benzene rings is 2. The molecule has 0 aliphatic carbocycles. The highest BCUT2D eigenvalue weighted by Gasteiger charge is 2.24. The van der Waals surface area contributed by atoms with Crippen LogP contribution in [-0.4, -0.2) is 61.0 Å². The van der Waals surface area contributed by atoms with Gasteiger partial charge in [-0.1, -0.05) is 47.5 Å². The van der Waals surface area contributed by atoms with Gasteiger partial charge in [-0.05, 0) is 43.5 Å². The maximum absolute atomic E-state index is 15.6. The Kier molecular flexibility index (Phi) is 11.7. The molecule has 1 unspecified atom stereocenters. The van der Waals surface area contributed by atoms with Crippen LogP contribution in [0.5, 0.6) is 5.75 Å². The Morgan fingerprint density at radius 3 is 2.45 bits per heavy atom. The van der Waals surface area contributed by atoms with Crippen LogP contribution in [0.2, 0.25) is 10.0 Å². The fourth-order valence-corrected chi connectivity index (χ4v) is 8.23. The number of nitrogens with one attached hydrogen (secondary N) is 4. The first-order valence-corrected chi connectivity index (χ1v) is 18.9. The van der Waals surface area contributed by atoms with Gasteiger partial charge in [0.1, 0.15) is 15.6 Å². The summed E-state index contributed by atoms with van der Waals surface area (Å²) < 4.78 is 70.8. The molecule has 270 valence electrons. The molecule has 2 aromatic heterocycles. The zero-order valence-corrected chi connectivity index (χ0v) is 29.5. The summed E-state index contributed by atoms with van der Waals surface area (Å²) in [6, 6.07) is 13.1. The average Bonchev–Trinajstić information content (AvgIpc) is 3.51. The van der Waals surface area contributed by atoms with E-state index in [9.17, 15) is 22.0 Å². The molecule has 0 saturated carbocycles. The number of hydrogen-bond donors (Lipinski definition) is 4. The van der Waals surface area contributed by atoms with Crippen LogP contribution in [0.25, 0.3) is 22.4 Å². The molecule has 2 fully saturated rings. The third kappa shape index (κ3) is 9.11. The first kappa shape index (κ1) is 36.8. The van der Waals surface area contributed by atoms with Crippen LogP contribution < -0.4 is 26.0 Å². The van der Waals surface area contributed by atoms with Crippen molar-refractivity contribution in [2.75, 3.05) is 23.4 Å². The predicted molar refractivity (Wildman–Crippen MR) is 191 cm³/mol. The number of rotatable bonds is 13. The summed E-state index contributed by atoms with van der Waals surface area (Å²) in [7, 11) is -3.01. The summed E-state index contributed by atoms with van der Waals surface area (Å²) in [5.74, 6) is -0.466. The van der Waals surface area contributed by atoms with Crippen molar-refractivity contribution in [2.24, 2.45) is 0 Å². The number of aromatic nitrogens is 2. The molecule has 4 heterocycles. The number of pyridine rings is 2. The third-order valence-electron chi connectivity index (χ3n) is 8.88. The maximum atomic E-state index is 15.6. The van der Waals surface area contributed by atoms with E-state index in [1.165, 1.54) is 18.5 Å². The topological polar surface area (TPSA) is 134 Å². The van der Waals surface area contributed by atoms with Crippen LogP contribution in [-0.2, 0) is 27.7 Å². The number of anilines is 2. The standard InChI is InChI=1S/C35H35Cl2F3N6O4S/c36-30-25(2-1-3-27(30)46-34-32(38)22(8-12-43-34)18-44-23-10-14-51(48,49)15-11-23)26-9-13-42-33(31(26)37)20-4-5-21(28(16-20)50-35(39)40)17-41-19-24-6-7-29(47)45-24/h1-5,8-9,12-13,16,23-24,35,41,44H,6-7,10-11,14-15,17-19H2,(H,43,46)(H,45,47). The van der Waals surface area contributed by atoms with E-state index in [1.807, 2.05) is 0 Å². The molecular weight excluding hydrogens is 728 g/mol. The van der Waals surface area contributed by atoms with Gasteiger partial charge >= 0.3 is 6.61 Å². The van der Waals surface area contributed by atoms with Gasteiger partial charge in [0.25, 0.3) is 0 Å². The van der Waals surface area contributed by atoms with Gasteiger partial charge in [0, 0.05) is 78.3 Å². The van der Waals surface area contributed by atoms with Crippen molar-refractivity contribution < 1.29 is 31.1 Å². The zero-order valence-electron chi connectivity index (χ0n) is 27.2. The van der Waals surface area contributed by atoms with E-state index < -0.39 is 22.3 Å². The quantitative estimate of drug-likeness (QED) is 0.118. The maximum Gasteiger partial charge on any atom is 0.387 e. The molecule has 10 nitrogen and oxygen atoms in total. The van der Waals surface area contributed by atoms with Gasteiger partial charge in [0.15, 0.2) is 11.6 Å². The van der Waals surface area contributed by atoms with Crippen molar-refractivity contribution in [3.63, 3.8) is 0 Å². The van der Waals surface area contributed by atoms with E-state index in [4.69, 9.17) is 27.9 Å². The number of hydrogen-bond acceptors (Lipinski definition) is 9. The van der Waals surface area contributed by atoms with Gasteiger partial charge < -0.3 is 26.0 Å². The van der Waals surface area contributed by atoms with E-state index in [0.29, 0.717) is 71.4 Å². The average molecular weight is 764 g/mol. The Morgan fingerprint density at radius 2 is 1.71 bits per heavy atom. The lowest BCUT2D eigenvalue weighted by Crippen LogP contribution is -2.37. The first-order valence-electron chi connectivity index (χ1n) is 16.3. The molecule has 4 aromatic rings. The molecule has 0 spiro atoms. The number of amides is 1. The normalized spacial score (nSPS) is 17.5. The highest BCUT2D eigenvalue weighted by atomic mass is 35.5. The van der Waals surface area contributed by atoms with Crippen molar-refractivity contribution in [1.82, 2.24) is 25.9 Å². The van der Waals surface area contributed by atoms with Crippen molar-refractivity contribution in [1.29, 1.82) is 0 Å². The second-order valence-corrected chi connectivity index (χ2v) is 15.4. The van der Waals surface area contributed by atoms with E-state index in [-0.39, 0.29) is 64.2 Å². The number of ether oxygens (including phenoxy) is 1. The van der Waals surface area contributed by atoms with Crippen LogP contribution in [0.15, 0.2) is 60.9 Å². The molecule has 2 aliphatic rings. The molecule has 2 aromatic carbocycles. The van der Waals surface area contributed by atoms with E-state index >= 15 is 4.39 Å². The van der Waals surface area contributed by atoms with E-state index in [2.05, 4.69) is 31.2 Å². The number of sulfone groups is 1. The largest absolute Gasteiger partial charge is 0.434 e. The van der Waals surface area contributed by atoms with Gasteiger partial charge in [-0.2, -0.15) is 8.78 Å². The monoisotopic (exact) mass is 762 g/mol. The van der Waals surface area contributed by atoms with Crippen LogP contribution in [0.4, 0.5) is 24.7 Å². The lowest BCUT2D eigenvalue weighted by Gasteiger charge is -2.23. The van der Waals surface area contributed by atoms with Crippen LogP contribution >= 0.6 is 23.2 Å². The third-order valence-corrected chi connectivity index (χ3v) is 11.4. The Hall–Kier alpha value is -3.95. The van der Waals surface area contributed by atoms with Crippen molar-refractivity contribution in [3.05, 3.63) is 87.9 Å². The minimum atomic E-state index is -3.06. The van der Waals surface area contributed by atoms with Crippen molar-refractivity contribution in [3.8, 4) is 28.1 Å². The number of halogens is 5. The Bertz CT molecular complexity index is 2010. The predicted octanol–water partition coefficient (Wildman–Crippen LogP) is 6.64. The molecule has 0 bridgehead atoms. The Labute approximate surface area is 303 Å². The summed E-state index contributed by atoms with van der Waals surface area (Å²) in [5.41, 5.74) is 2.94. The second kappa shape index (κ2) is 16.2. The number of carbonyl (C=O) groups is 1. The van der Waals surface area contributed by atoms with Gasteiger partial charge in [-0.15, -0.1) is 0 Å². The fourth-order valence-electron chi connectivity index (χ4n) is 6.14. The molecule has 4 N–H and O–H groups in total. The van der Waals surface area contributed by atoms with Crippen LogP contribution in [0, 0.1) is 5.82 Å². The molecule has 2 aliphatic heterocycles. The minimum absolute atomic E-state index is 0.0115. The lowest BCUT2D eigenvalue weighted by molar-refractivity contribution is -0.119. The first-order chi connectivity index (χ1) is 24.5. The SMILES string of the molecule is O=C1CCC(CNCc2ccc(-c3nccc(-c4cccc(Nc5nccc(CNC6CCS(=O)(=O)CC6)c5F)c4Cl)c3Cl)cc2OC(F)F)N1. The van der Waals surface area contributed by atoms with Gasteiger partial charge in [0.05, 0.1) is 32.9 Å². The second-order valence-electron chi connectivity index (χ2n) is 12.4. The summed E-state index contributed by atoms with van der Waals surface area (Å²) in [5, 5.41) is 12.7. The van der Waals surface area contributed by atoms with Gasteiger partial charge in [-0.3, -0.25) is 9.78 Å². The highest BCUT2D eigenvalue weighted by Crippen LogP contribution is 2.42. The molecule has 16 heteroatoms. The molecule has 1 atom stereocenters. The van der Waals surface area contributed by atoms with Gasteiger partial charge in [-0.25, -0.2) is 17.8 Å². The Balaban J connectivity index is 1.20. The summed E-state index contributed by atoms with van der Waals surface area (Å²) >= 11 is 13.8. The molecule has 1 amide bonds. The van der Waals surface area contributed by atoms with Crippen molar-refractivity contribution in [2.45, 2.75) is 57.5 Å².